The molecular weight excluding hydrogens is 566 g/mol. The number of carbonyl (C=O) groups is 1. The maximum absolute atomic E-state index is 14.9. The number of allylic oxidation sites excluding steroid dienone is 4. The third kappa shape index (κ3) is 11.0. The lowest BCUT2D eigenvalue weighted by atomic mass is 9.93. The highest BCUT2D eigenvalue weighted by Crippen LogP contribution is 2.41. The van der Waals surface area contributed by atoms with Crippen molar-refractivity contribution in [1.82, 2.24) is 0 Å². The topological polar surface area (TPSA) is 55.1 Å². The number of nitrogens with two attached hydrogens (primary N) is 1. The predicted molar refractivity (Wildman–Crippen MR) is 155 cm³/mol. The molecule has 0 aromatic heterocycles. The zero-order valence-corrected chi connectivity index (χ0v) is 24.1. The molecule has 0 fully saturated rings. The Kier molecular flexibility index (Phi) is 13.3. The van der Waals surface area contributed by atoms with Gasteiger partial charge in [-0.3, -0.25) is 0 Å². The quantitative estimate of drug-likeness (QED) is 0.131. The van der Waals surface area contributed by atoms with E-state index in [-0.39, 0.29) is 27.9 Å². The van der Waals surface area contributed by atoms with Crippen LogP contribution in [0.2, 0.25) is 5.02 Å². The molecule has 2 aromatic rings. The molecule has 0 radical (unpaired) electrons. The number of halogens is 7. The van der Waals surface area contributed by atoms with Crippen LogP contribution in [0, 0.1) is 26.2 Å². The Hall–Kier alpha value is -3.64. The lowest BCUT2D eigenvalue weighted by Gasteiger charge is -2.21. The molecule has 3 nitrogen and oxygen atoms in total. The minimum absolute atomic E-state index is 0.0902. The van der Waals surface area contributed by atoms with Crippen molar-refractivity contribution >= 4 is 29.4 Å². The van der Waals surface area contributed by atoms with Gasteiger partial charge in [-0.25, -0.2) is 13.2 Å². The second-order valence-corrected chi connectivity index (χ2v) is 9.90. The minimum Gasteiger partial charge on any atom is -0.404 e. The van der Waals surface area contributed by atoms with Gasteiger partial charge in [0.05, 0.1) is 0 Å². The van der Waals surface area contributed by atoms with E-state index in [0.717, 1.165) is 18.4 Å². The summed E-state index contributed by atoms with van der Waals surface area (Å²) in [5, 5.41) is 2.97. The number of alkyl halides is 5. The predicted octanol–water partition coefficient (Wildman–Crippen LogP) is 9.15. The Bertz CT molecular complexity index is 1310. The zero-order chi connectivity index (χ0) is 31.5. The Morgan fingerprint density at radius 2 is 1.78 bits per heavy atom. The average Bonchev–Trinajstić information content (AvgIpc) is 2.87. The van der Waals surface area contributed by atoms with Gasteiger partial charge in [-0.1, -0.05) is 29.7 Å². The first kappa shape index (κ1) is 35.4. The van der Waals surface area contributed by atoms with Gasteiger partial charge < -0.3 is 15.8 Å². The fourth-order valence-corrected chi connectivity index (χ4v) is 3.81. The molecule has 0 saturated heterocycles. The first-order valence-corrected chi connectivity index (χ1v) is 12.8. The van der Waals surface area contributed by atoms with Gasteiger partial charge in [-0.2, -0.15) is 13.2 Å². The summed E-state index contributed by atoms with van der Waals surface area (Å²) >= 11 is 6.02. The van der Waals surface area contributed by atoms with Crippen molar-refractivity contribution in [2.45, 2.75) is 65.1 Å². The molecule has 0 saturated carbocycles. The number of nitrogens with one attached hydrogen (secondary N) is 1. The number of aldehydes is 1. The summed E-state index contributed by atoms with van der Waals surface area (Å²) in [4.78, 5) is 9.81. The molecule has 0 aliphatic carbocycles. The fourth-order valence-electron chi connectivity index (χ4n) is 3.54. The van der Waals surface area contributed by atoms with Crippen LogP contribution < -0.4 is 11.1 Å². The normalized spacial score (nSPS) is 13.5. The van der Waals surface area contributed by atoms with E-state index in [1.165, 1.54) is 24.4 Å². The van der Waals surface area contributed by atoms with Gasteiger partial charge in [-0.05, 0) is 80.8 Å². The van der Waals surface area contributed by atoms with Crippen molar-refractivity contribution in [3.63, 3.8) is 0 Å². The van der Waals surface area contributed by atoms with E-state index in [2.05, 4.69) is 11.2 Å². The van der Waals surface area contributed by atoms with Crippen molar-refractivity contribution in [1.29, 1.82) is 0 Å². The average molecular weight is 599 g/mol. The smallest absolute Gasteiger partial charge is 0.399 e. The molecule has 0 aliphatic rings. The number of anilines is 1. The summed E-state index contributed by atoms with van der Waals surface area (Å²) in [6.07, 6.45) is 6.39. The van der Waals surface area contributed by atoms with E-state index in [0.29, 0.717) is 36.1 Å². The summed E-state index contributed by atoms with van der Waals surface area (Å²) < 4.78 is 84.3. The molecule has 0 heterocycles. The largest absolute Gasteiger partial charge is 0.404 e. The summed E-state index contributed by atoms with van der Waals surface area (Å²) in [5.74, 6) is -4.52. The lowest BCUT2D eigenvalue weighted by molar-refractivity contribution is -0.139. The maximum Gasteiger partial charge on any atom is 0.399 e. The van der Waals surface area contributed by atoms with Crippen molar-refractivity contribution in [2.75, 3.05) is 5.32 Å². The number of carbonyl (C=O) groups excluding carboxylic acids is 1. The monoisotopic (exact) mass is 598 g/mol. The first-order valence-electron chi connectivity index (χ1n) is 12.4. The highest BCUT2D eigenvalue weighted by atomic mass is 35.5. The van der Waals surface area contributed by atoms with Crippen LogP contribution in [0.15, 0.2) is 60.3 Å². The second-order valence-electron chi connectivity index (χ2n) is 9.50. The third-order valence-electron chi connectivity index (χ3n) is 5.74. The van der Waals surface area contributed by atoms with E-state index in [1.807, 2.05) is 0 Å². The van der Waals surface area contributed by atoms with Gasteiger partial charge in [0.2, 0.25) is 0 Å². The molecule has 2 aromatic carbocycles. The molecule has 0 aliphatic heterocycles. The van der Waals surface area contributed by atoms with Gasteiger partial charge in [0, 0.05) is 53.0 Å². The highest BCUT2D eigenvalue weighted by molar-refractivity contribution is 6.31. The first-order chi connectivity index (χ1) is 19.0. The number of benzene rings is 2. The molecule has 1 atom stereocenters. The van der Waals surface area contributed by atoms with E-state index in [4.69, 9.17) is 23.8 Å². The van der Waals surface area contributed by atoms with Crippen LogP contribution in [-0.2, 0) is 10.7 Å². The Balaban J connectivity index is 0.000000716. The zero-order valence-electron chi connectivity index (χ0n) is 23.3. The molecule has 0 spiro atoms. The summed E-state index contributed by atoms with van der Waals surface area (Å²) in [7, 11) is 0. The van der Waals surface area contributed by atoms with Gasteiger partial charge >= 0.3 is 6.18 Å². The number of aryl methyl sites for hydroxylation is 1. The van der Waals surface area contributed by atoms with Gasteiger partial charge in [0.1, 0.15) is 18.0 Å². The van der Waals surface area contributed by atoms with E-state index >= 15 is 0 Å². The molecule has 1 unspecified atom stereocenters. The van der Waals surface area contributed by atoms with Crippen LogP contribution in [0.1, 0.15) is 60.9 Å². The van der Waals surface area contributed by atoms with Gasteiger partial charge in [0.25, 0.3) is 5.92 Å². The van der Waals surface area contributed by atoms with E-state index in [9.17, 15) is 31.1 Å². The van der Waals surface area contributed by atoms with Crippen molar-refractivity contribution in [2.24, 2.45) is 5.73 Å². The summed E-state index contributed by atoms with van der Waals surface area (Å²) in [6.45, 7) is 7.41. The number of hydrogen-bond donors (Lipinski definition) is 2. The Labute approximate surface area is 242 Å². The van der Waals surface area contributed by atoms with Crippen LogP contribution in [0.4, 0.5) is 32.0 Å². The molecule has 2 rings (SSSR count). The standard InChI is InChI=1S/C23H24ClF6N.C8H9NO/c1-12(2)31-21-7-6-15(9-18(21)22(5,26)27)20(25)11-17(23(28,29)30)16-8-13(3)14(4)19(24)10-16;1-2-8(7-9)5-3-4-6-10/h6-12,17,31H,1-5H3;1,3,5-7H,4,9H2/b20-11-;5-3-,8-7-. The van der Waals surface area contributed by atoms with Crippen LogP contribution in [0.5, 0.6) is 0 Å². The van der Waals surface area contributed by atoms with Crippen molar-refractivity contribution in [3.8, 4) is 12.3 Å². The highest BCUT2D eigenvalue weighted by Gasteiger charge is 2.40. The minimum atomic E-state index is -4.81. The lowest BCUT2D eigenvalue weighted by Crippen LogP contribution is -2.19. The molecule has 0 bridgehead atoms. The molecule has 0 amide bonds. The van der Waals surface area contributed by atoms with Gasteiger partial charge in [-0.15, -0.1) is 6.42 Å². The second kappa shape index (κ2) is 15.4. The third-order valence-corrected chi connectivity index (χ3v) is 6.13. The molecule has 10 heteroatoms. The molecular formula is C31H33ClF6N2O. The number of hydrogen-bond acceptors (Lipinski definition) is 3. The van der Waals surface area contributed by atoms with Crippen LogP contribution in [0.3, 0.4) is 0 Å². The van der Waals surface area contributed by atoms with Crippen molar-refractivity contribution < 1.29 is 31.1 Å². The SMILES string of the molecule is C#CC(/C=C\CC=O)=C/N.Cc1cc(C(/C=C(\F)c2ccc(NC(C)C)c(C(C)(F)F)c2)C(F)(F)F)cc(Cl)c1C. The van der Waals surface area contributed by atoms with Crippen LogP contribution in [-0.4, -0.2) is 18.5 Å². The van der Waals surface area contributed by atoms with Crippen LogP contribution in [0.25, 0.3) is 5.83 Å². The molecule has 3 N–H and O–H groups in total. The van der Waals surface area contributed by atoms with E-state index in [1.54, 1.807) is 39.8 Å². The molecule has 222 valence electrons. The van der Waals surface area contributed by atoms with Crippen molar-refractivity contribution in [3.05, 3.63) is 93.2 Å². The van der Waals surface area contributed by atoms with Crippen LogP contribution >= 0.6 is 11.6 Å². The Morgan fingerprint density at radius 1 is 1.15 bits per heavy atom. The fraction of sp³-hybridized carbons (Fsp3) is 0.323. The van der Waals surface area contributed by atoms with Gasteiger partial charge in [0.15, 0.2) is 0 Å². The Morgan fingerprint density at radius 3 is 2.24 bits per heavy atom. The summed E-state index contributed by atoms with van der Waals surface area (Å²) in [6, 6.07) is 5.56. The number of rotatable bonds is 9. The molecule has 41 heavy (non-hydrogen) atoms. The summed E-state index contributed by atoms with van der Waals surface area (Å²) in [5.41, 5.74) is 5.86. The number of terminal acetylenes is 1. The van der Waals surface area contributed by atoms with E-state index < -0.39 is 29.4 Å². The maximum atomic E-state index is 14.9.